The minimum absolute atomic E-state index is 0.944. The molecule has 0 bridgehead atoms. The van der Waals surface area contributed by atoms with Gasteiger partial charge in [0.2, 0.25) is 0 Å². The van der Waals surface area contributed by atoms with Gasteiger partial charge in [-0.3, -0.25) is 0 Å². The zero-order valence-corrected chi connectivity index (χ0v) is 11.3. The molecule has 0 saturated heterocycles. The van der Waals surface area contributed by atoms with Gasteiger partial charge in [-0.05, 0) is 24.8 Å². The maximum Gasteiger partial charge on any atom is 0.00860 e. The number of terminal acetylenes is 1. The van der Waals surface area contributed by atoms with Gasteiger partial charge in [0.15, 0.2) is 0 Å². The van der Waals surface area contributed by atoms with Gasteiger partial charge in [-0.25, -0.2) is 0 Å². The lowest BCUT2D eigenvalue weighted by atomic mass is 10.1. The summed E-state index contributed by atoms with van der Waals surface area (Å²) in [6, 6.07) is 10.5. The SMILES string of the molecule is C#CCCCCCCCC/C=C/c1ccccc1. The summed E-state index contributed by atoms with van der Waals surface area (Å²) >= 11 is 0. The third-order valence-corrected chi connectivity index (χ3v) is 3.05. The summed E-state index contributed by atoms with van der Waals surface area (Å²) in [6.45, 7) is 0. The van der Waals surface area contributed by atoms with Gasteiger partial charge < -0.3 is 0 Å². The van der Waals surface area contributed by atoms with Gasteiger partial charge in [0.05, 0.1) is 0 Å². The molecule has 0 heteroatoms. The largest absolute Gasteiger partial charge is 0.120 e. The maximum absolute atomic E-state index is 5.21. The van der Waals surface area contributed by atoms with Crippen LogP contribution in [0.25, 0.3) is 6.08 Å². The second kappa shape index (κ2) is 10.7. The summed E-state index contributed by atoms with van der Waals surface area (Å²) in [5.41, 5.74) is 1.30. The summed E-state index contributed by atoms with van der Waals surface area (Å²) in [7, 11) is 0. The highest BCUT2D eigenvalue weighted by atomic mass is 14.0. The molecule has 0 fully saturated rings. The van der Waals surface area contributed by atoms with Gasteiger partial charge in [-0.1, -0.05) is 68.2 Å². The van der Waals surface area contributed by atoms with Gasteiger partial charge in [-0.15, -0.1) is 12.3 Å². The van der Waals surface area contributed by atoms with Crippen LogP contribution in [0.1, 0.15) is 56.9 Å². The van der Waals surface area contributed by atoms with Crippen LogP contribution in [0.3, 0.4) is 0 Å². The highest BCUT2D eigenvalue weighted by Gasteiger charge is 1.90. The van der Waals surface area contributed by atoms with E-state index in [-0.39, 0.29) is 0 Å². The fourth-order valence-electron chi connectivity index (χ4n) is 1.98. The average Bonchev–Trinajstić information content (AvgIpc) is 2.42. The van der Waals surface area contributed by atoms with Crippen molar-refractivity contribution >= 4 is 6.08 Å². The molecule has 0 spiro atoms. The first kappa shape index (κ1) is 14.6. The van der Waals surface area contributed by atoms with Crippen molar-refractivity contribution in [3.63, 3.8) is 0 Å². The first-order valence-corrected chi connectivity index (χ1v) is 7.08. The molecular formula is C18H24. The van der Waals surface area contributed by atoms with Gasteiger partial charge in [0.1, 0.15) is 0 Å². The van der Waals surface area contributed by atoms with Gasteiger partial charge in [0, 0.05) is 6.42 Å². The van der Waals surface area contributed by atoms with E-state index in [1.807, 2.05) is 0 Å². The van der Waals surface area contributed by atoms with E-state index < -0.39 is 0 Å². The number of hydrogen-bond acceptors (Lipinski definition) is 0. The average molecular weight is 240 g/mol. The van der Waals surface area contributed by atoms with Crippen molar-refractivity contribution in [3.05, 3.63) is 42.0 Å². The number of unbranched alkanes of at least 4 members (excludes halogenated alkanes) is 7. The number of rotatable bonds is 9. The monoisotopic (exact) mass is 240 g/mol. The molecule has 0 N–H and O–H groups in total. The molecule has 0 atom stereocenters. The molecule has 0 radical (unpaired) electrons. The lowest BCUT2D eigenvalue weighted by molar-refractivity contribution is 0.602. The van der Waals surface area contributed by atoms with Gasteiger partial charge in [0.25, 0.3) is 0 Å². The summed E-state index contributed by atoms with van der Waals surface area (Å²) in [5, 5.41) is 0. The molecule has 0 saturated carbocycles. The first-order valence-electron chi connectivity index (χ1n) is 7.08. The standard InChI is InChI=1S/C18H24/c1-2-3-4-5-6-7-8-9-10-12-15-18-16-13-11-14-17-18/h1,11-17H,3-10H2/b15-12+. The van der Waals surface area contributed by atoms with Crippen LogP contribution in [0.15, 0.2) is 36.4 Å². The second-order valence-electron chi connectivity index (χ2n) is 4.68. The topological polar surface area (TPSA) is 0 Å². The van der Waals surface area contributed by atoms with Crippen molar-refractivity contribution in [3.8, 4) is 12.3 Å². The van der Waals surface area contributed by atoms with Crippen molar-refractivity contribution < 1.29 is 0 Å². The molecule has 96 valence electrons. The Kier molecular flexibility index (Phi) is 8.63. The van der Waals surface area contributed by atoms with Crippen LogP contribution in [0.4, 0.5) is 0 Å². The Balaban J connectivity index is 1.93. The Morgan fingerprint density at radius 2 is 1.56 bits per heavy atom. The maximum atomic E-state index is 5.21. The van der Waals surface area contributed by atoms with Crippen LogP contribution >= 0.6 is 0 Å². The van der Waals surface area contributed by atoms with Crippen LogP contribution in [0, 0.1) is 12.3 Å². The van der Waals surface area contributed by atoms with Crippen molar-refractivity contribution in [2.75, 3.05) is 0 Å². The van der Waals surface area contributed by atoms with Crippen molar-refractivity contribution in [2.45, 2.75) is 51.4 Å². The summed E-state index contributed by atoms with van der Waals surface area (Å²) in [6.07, 6.45) is 19.7. The molecular weight excluding hydrogens is 216 g/mol. The smallest absolute Gasteiger partial charge is 0.00860 e. The predicted octanol–water partition coefficient (Wildman–Crippen LogP) is 5.45. The quantitative estimate of drug-likeness (QED) is 0.397. The van der Waals surface area contributed by atoms with E-state index in [0.717, 1.165) is 6.42 Å². The van der Waals surface area contributed by atoms with Crippen molar-refractivity contribution in [2.24, 2.45) is 0 Å². The Morgan fingerprint density at radius 1 is 0.889 bits per heavy atom. The first-order chi connectivity index (χ1) is 8.93. The molecule has 0 heterocycles. The van der Waals surface area contributed by atoms with Gasteiger partial charge in [-0.2, -0.15) is 0 Å². The molecule has 0 aliphatic rings. The van der Waals surface area contributed by atoms with Crippen LogP contribution in [-0.4, -0.2) is 0 Å². The van der Waals surface area contributed by atoms with E-state index in [4.69, 9.17) is 6.42 Å². The van der Waals surface area contributed by atoms with Crippen LogP contribution < -0.4 is 0 Å². The number of hydrogen-bond donors (Lipinski definition) is 0. The van der Waals surface area contributed by atoms with Crippen molar-refractivity contribution in [1.82, 2.24) is 0 Å². The third-order valence-electron chi connectivity index (χ3n) is 3.05. The zero-order chi connectivity index (χ0) is 12.9. The molecule has 18 heavy (non-hydrogen) atoms. The third kappa shape index (κ3) is 7.74. The van der Waals surface area contributed by atoms with E-state index in [9.17, 15) is 0 Å². The highest BCUT2D eigenvalue weighted by Crippen LogP contribution is 2.09. The normalized spacial score (nSPS) is 10.6. The van der Waals surface area contributed by atoms with E-state index in [1.54, 1.807) is 0 Å². The minimum atomic E-state index is 0.944. The Labute approximate surface area is 112 Å². The molecule has 1 aromatic carbocycles. The second-order valence-corrected chi connectivity index (χ2v) is 4.68. The number of benzene rings is 1. The minimum Gasteiger partial charge on any atom is -0.120 e. The molecule has 1 rings (SSSR count). The van der Waals surface area contributed by atoms with E-state index in [1.165, 1.54) is 50.5 Å². The van der Waals surface area contributed by atoms with Crippen molar-refractivity contribution in [1.29, 1.82) is 0 Å². The van der Waals surface area contributed by atoms with E-state index in [0.29, 0.717) is 0 Å². The summed E-state index contributed by atoms with van der Waals surface area (Å²) in [5.74, 6) is 2.69. The van der Waals surface area contributed by atoms with Crippen LogP contribution in [0.5, 0.6) is 0 Å². The molecule has 1 aromatic rings. The summed E-state index contributed by atoms with van der Waals surface area (Å²) in [4.78, 5) is 0. The van der Waals surface area contributed by atoms with Crippen LogP contribution in [0.2, 0.25) is 0 Å². The lowest BCUT2D eigenvalue weighted by Gasteiger charge is -1.98. The highest BCUT2D eigenvalue weighted by molar-refractivity contribution is 5.48. The van der Waals surface area contributed by atoms with Gasteiger partial charge >= 0.3 is 0 Å². The number of allylic oxidation sites excluding steroid dienone is 1. The Morgan fingerprint density at radius 3 is 2.28 bits per heavy atom. The predicted molar refractivity (Wildman–Crippen MR) is 81.2 cm³/mol. The molecule has 0 nitrogen and oxygen atoms in total. The van der Waals surface area contributed by atoms with E-state index >= 15 is 0 Å². The zero-order valence-electron chi connectivity index (χ0n) is 11.3. The molecule has 0 aliphatic carbocycles. The molecule has 0 unspecified atom stereocenters. The van der Waals surface area contributed by atoms with Crippen LogP contribution in [-0.2, 0) is 0 Å². The lowest BCUT2D eigenvalue weighted by Crippen LogP contribution is -1.79. The van der Waals surface area contributed by atoms with E-state index in [2.05, 4.69) is 48.4 Å². The fraction of sp³-hybridized carbons (Fsp3) is 0.444. The molecule has 0 aromatic heterocycles. The Hall–Kier alpha value is -1.48. The molecule has 0 amide bonds. The summed E-state index contributed by atoms with van der Waals surface area (Å²) < 4.78 is 0. The molecule has 0 aliphatic heterocycles. The fourth-order valence-corrected chi connectivity index (χ4v) is 1.98. The Bertz CT molecular complexity index is 353.